The van der Waals surface area contributed by atoms with Crippen molar-refractivity contribution >= 4 is 39.0 Å². The molecule has 0 saturated heterocycles. The minimum Gasteiger partial charge on any atom is -0.354 e. The SMILES string of the molecule is CCc1c(C(=O)N(C)Cc2ccc(Br)s2)[nH]c(C)c1C(C)=O. The monoisotopic (exact) mass is 382 g/mol. The summed E-state index contributed by atoms with van der Waals surface area (Å²) >= 11 is 5.04. The average molecular weight is 383 g/mol. The molecule has 0 bridgehead atoms. The summed E-state index contributed by atoms with van der Waals surface area (Å²) in [4.78, 5) is 30.4. The topological polar surface area (TPSA) is 53.2 Å². The molecular weight excluding hydrogens is 364 g/mol. The number of hydrogen-bond acceptors (Lipinski definition) is 3. The number of aromatic amines is 1. The number of thiophene rings is 1. The maximum absolute atomic E-state index is 12.7. The number of aryl methyl sites for hydroxylation is 1. The second kappa shape index (κ2) is 6.79. The Bertz CT molecular complexity index is 718. The van der Waals surface area contributed by atoms with Crippen LogP contribution in [0.1, 0.15) is 50.8 Å². The van der Waals surface area contributed by atoms with E-state index in [0.29, 0.717) is 24.2 Å². The van der Waals surface area contributed by atoms with Crippen LogP contribution in [-0.4, -0.2) is 28.6 Å². The van der Waals surface area contributed by atoms with Gasteiger partial charge in [-0.05, 0) is 53.9 Å². The molecule has 22 heavy (non-hydrogen) atoms. The molecule has 0 unspecified atom stereocenters. The third-order valence-corrected chi connectivity index (χ3v) is 5.19. The van der Waals surface area contributed by atoms with E-state index in [1.165, 1.54) is 6.92 Å². The maximum atomic E-state index is 12.7. The molecule has 1 amide bonds. The first kappa shape index (κ1) is 17.0. The van der Waals surface area contributed by atoms with E-state index in [0.717, 1.165) is 19.9 Å². The largest absolute Gasteiger partial charge is 0.354 e. The Kier molecular flexibility index (Phi) is 5.24. The van der Waals surface area contributed by atoms with Crippen LogP contribution in [0.2, 0.25) is 0 Å². The molecule has 0 spiro atoms. The van der Waals surface area contributed by atoms with Gasteiger partial charge >= 0.3 is 0 Å². The van der Waals surface area contributed by atoms with Crippen LogP contribution in [0, 0.1) is 6.92 Å². The summed E-state index contributed by atoms with van der Waals surface area (Å²) in [6.07, 6.45) is 0.652. The molecule has 0 aromatic carbocycles. The van der Waals surface area contributed by atoms with Crippen molar-refractivity contribution < 1.29 is 9.59 Å². The smallest absolute Gasteiger partial charge is 0.270 e. The minimum absolute atomic E-state index is 0.00510. The van der Waals surface area contributed by atoms with Crippen molar-refractivity contribution in [3.8, 4) is 0 Å². The molecule has 1 N–H and O–H groups in total. The summed E-state index contributed by atoms with van der Waals surface area (Å²) in [5.74, 6) is -0.0912. The quantitative estimate of drug-likeness (QED) is 0.788. The average Bonchev–Trinajstić information content (AvgIpc) is 3.00. The summed E-state index contributed by atoms with van der Waals surface area (Å²) in [6, 6.07) is 3.97. The zero-order valence-corrected chi connectivity index (χ0v) is 15.5. The van der Waals surface area contributed by atoms with Crippen LogP contribution < -0.4 is 0 Å². The normalized spacial score (nSPS) is 10.8. The Balaban J connectivity index is 2.29. The number of rotatable bonds is 5. The number of ketones is 1. The molecule has 2 rings (SSSR count). The Hall–Kier alpha value is -1.40. The number of nitrogens with one attached hydrogen (secondary N) is 1. The summed E-state index contributed by atoms with van der Waals surface area (Å²) in [5.41, 5.74) is 2.76. The van der Waals surface area contributed by atoms with Gasteiger partial charge in [0.05, 0.1) is 10.3 Å². The van der Waals surface area contributed by atoms with Gasteiger partial charge in [0.15, 0.2) is 5.78 Å². The molecule has 0 aliphatic rings. The molecule has 6 heteroatoms. The van der Waals surface area contributed by atoms with Crippen molar-refractivity contribution in [2.24, 2.45) is 0 Å². The lowest BCUT2D eigenvalue weighted by atomic mass is 10.0. The Morgan fingerprint density at radius 3 is 2.55 bits per heavy atom. The van der Waals surface area contributed by atoms with Gasteiger partial charge in [0.25, 0.3) is 5.91 Å². The van der Waals surface area contributed by atoms with Gasteiger partial charge in [-0.2, -0.15) is 0 Å². The van der Waals surface area contributed by atoms with E-state index in [-0.39, 0.29) is 11.7 Å². The van der Waals surface area contributed by atoms with Crippen molar-refractivity contribution in [2.75, 3.05) is 7.05 Å². The first-order valence-electron chi connectivity index (χ1n) is 7.07. The van der Waals surface area contributed by atoms with E-state index in [1.54, 1.807) is 23.3 Å². The van der Waals surface area contributed by atoms with Crippen molar-refractivity contribution in [1.82, 2.24) is 9.88 Å². The van der Waals surface area contributed by atoms with Crippen LogP contribution >= 0.6 is 27.3 Å². The second-order valence-electron chi connectivity index (χ2n) is 5.26. The van der Waals surface area contributed by atoms with E-state index < -0.39 is 0 Å². The van der Waals surface area contributed by atoms with Gasteiger partial charge < -0.3 is 9.88 Å². The molecule has 0 aliphatic carbocycles. The van der Waals surface area contributed by atoms with Crippen molar-refractivity contribution in [1.29, 1.82) is 0 Å². The van der Waals surface area contributed by atoms with Gasteiger partial charge in [0, 0.05) is 23.2 Å². The highest BCUT2D eigenvalue weighted by Gasteiger charge is 2.23. The lowest BCUT2D eigenvalue weighted by molar-refractivity contribution is 0.0780. The Morgan fingerprint density at radius 1 is 1.36 bits per heavy atom. The molecule has 0 aliphatic heterocycles. The molecule has 0 saturated carbocycles. The van der Waals surface area contributed by atoms with Crippen molar-refractivity contribution in [3.63, 3.8) is 0 Å². The summed E-state index contributed by atoms with van der Waals surface area (Å²) in [7, 11) is 1.78. The van der Waals surface area contributed by atoms with Gasteiger partial charge in [0.2, 0.25) is 0 Å². The third-order valence-electron chi connectivity index (χ3n) is 3.58. The van der Waals surface area contributed by atoms with Gasteiger partial charge in [-0.3, -0.25) is 9.59 Å². The van der Waals surface area contributed by atoms with Crippen LogP contribution in [0.5, 0.6) is 0 Å². The first-order chi connectivity index (χ1) is 10.3. The standard InChI is InChI=1S/C16H19BrN2O2S/c1-5-12-14(10(3)20)9(2)18-15(12)16(21)19(4)8-11-6-7-13(17)22-11/h6-7,18H,5,8H2,1-4H3. The molecule has 2 aromatic rings. The zero-order valence-electron chi connectivity index (χ0n) is 13.1. The van der Waals surface area contributed by atoms with E-state index in [1.807, 2.05) is 26.0 Å². The number of carbonyl (C=O) groups is 2. The predicted molar refractivity (Wildman–Crippen MR) is 92.7 cm³/mol. The van der Waals surface area contributed by atoms with Crippen LogP contribution in [0.15, 0.2) is 15.9 Å². The molecular formula is C16H19BrN2O2S. The molecule has 2 heterocycles. The third kappa shape index (κ3) is 3.33. The summed E-state index contributed by atoms with van der Waals surface area (Å²) in [6.45, 7) is 5.88. The molecule has 2 aromatic heterocycles. The van der Waals surface area contributed by atoms with E-state index in [9.17, 15) is 9.59 Å². The van der Waals surface area contributed by atoms with Gasteiger partial charge in [-0.1, -0.05) is 6.92 Å². The first-order valence-corrected chi connectivity index (χ1v) is 8.68. The number of hydrogen-bond donors (Lipinski definition) is 1. The van der Waals surface area contributed by atoms with Gasteiger partial charge in [-0.15, -0.1) is 11.3 Å². The lowest BCUT2D eigenvalue weighted by Gasteiger charge is -2.16. The number of Topliss-reactive ketones (excluding diaryl/α,β-unsaturated/α-hetero) is 1. The molecule has 0 radical (unpaired) electrons. The zero-order chi connectivity index (χ0) is 16.4. The number of halogens is 1. The number of nitrogens with zero attached hydrogens (tertiary/aromatic N) is 1. The van der Waals surface area contributed by atoms with Gasteiger partial charge in [-0.25, -0.2) is 0 Å². The fraction of sp³-hybridized carbons (Fsp3) is 0.375. The molecule has 0 atom stereocenters. The van der Waals surface area contributed by atoms with E-state index >= 15 is 0 Å². The Morgan fingerprint density at radius 2 is 2.05 bits per heavy atom. The van der Waals surface area contributed by atoms with Crippen LogP contribution in [0.3, 0.4) is 0 Å². The minimum atomic E-state index is -0.0861. The highest BCUT2D eigenvalue weighted by molar-refractivity contribution is 9.11. The number of amides is 1. The summed E-state index contributed by atoms with van der Waals surface area (Å²) in [5, 5.41) is 0. The van der Waals surface area contributed by atoms with Gasteiger partial charge in [0.1, 0.15) is 5.69 Å². The highest BCUT2D eigenvalue weighted by Crippen LogP contribution is 2.25. The maximum Gasteiger partial charge on any atom is 0.270 e. The number of H-pyrrole nitrogens is 1. The van der Waals surface area contributed by atoms with Crippen molar-refractivity contribution in [3.05, 3.63) is 43.3 Å². The van der Waals surface area contributed by atoms with Crippen LogP contribution in [0.4, 0.5) is 0 Å². The molecule has 118 valence electrons. The highest BCUT2D eigenvalue weighted by atomic mass is 79.9. The van der Waals surface area contributed by atoms with E-state index in [2.05, 4.69) is 20.9 Å². The van der Waals surface area contributed by atoms with Crippen LogP contribution in [-0.2, 0) is 13.0 Å². The summed E-state index contributed by atoms with van der Waals surface area (Å²) < 4.78 is 1.05. The number of aromatic nitrogens is 1. The number of carbonyl (C=O) groups excluding carboxylic acids is 2. The molecule has 0 fully saturated rings. The fourth-order valence-electron chi connectivity index (χ4n) is 2.62. The second-order valence-corrected chi connectivity index (χ2v) is 7.80. The fourth-order valence-corrected chi connectivity index (χ4v) is 4.16. The Labute approximate surface area is 142 Å². The predicted octanol–water partition coefficient (Wildman–Crippen LogP) is 4.18. The van der Waals surface area contributed by atoms with E-state index in [4.69, 9.17) is 0 Å². The van der Waals surface area contributed by atoms with Crippen LogP contribution in [0.25, 0.3) is 0 Å². The van der Waals surface area contributed by atoms with Crippen molar-refractivity contribution in [2.45, 2.75) is 33.7 Å². The lowest BCUT2D eigenvalue weighted by Crippen LogP contribution is -2.27. The molecule has 4 nitrogen and oxygen atoms in total.